The van der Waals surface area contributed by atoms with Gasteiger partial charge in [-0.15, -0.1) is 0 Å². The van der Waals surface area contributed by atoms with E-state index >= 15 is 0 Å². The lowest BCUT2D eigenvalue weighted by molar-refractivity contribution is -0.143. The highest BCUT2D eigenvalue weighted by atomic mass is 16.4. The van der Waals surface area contributed by atoms with Crippen LogP contribution in [-0.4, -0.2) is 40.6 Å². The highest BCUT2D eigenvalue weighted by molar-refractivity contribution is 5.79. The van der Waals surface area contributed by atoms with E-state index in [2.05, 4.69) is 11.9 Å². The highest BCUT2D eigenvalue weighted by Crippen LogP contribution is 2.35. The number of carboxylic acid groups (broad SMARTS) is 1. The fourth-order valence-electron chi connectivity index (χ4n) is 2.68. The SMILES string of the molecule is CN(C1CCC1)C1CCC(N)(C(=O)O)C1. The van der Waals surface area contributed by atoms with Crippen LogP contribution in [0.1, 0.15) is 38.5 Å². The van der Waals surface area contributed by atoms with Gasteiger partial charge in [0.1, 0.15) is 5.54 Å². The van der Waals surface area contributed by atoms with E-state index in [9.17, 15) is 4.79 Å². The molecule has 2 fully saturated rings. The average molecular weight is 212 g/mol. The summed E-state index contributed by atoms with van der Waals surface area (Å²) in [5.74, 6) is -0.841. The fraction of sp³-hybridized carbons (Fsp3) is 0.909. The van der Waals surface area contributed by atoms with Crippen molar-refractivity contribution in [3.63, 3.8) is 0 Å². The molecule has 15 heavy (non-hydrogen) atoms. The predicted octanol–water partition coefficient (Wildman–Crippen LogP) is 0.805. The Labute approximate surface area is 90.4 Å². The predicted molar refractivity (Wildman–Crippen MR) is 57.6 cm³/mol. The third kappa shape index (κ3) is 1.88. The molecular weight excluding hydrogens is 192 g/mol. The van der Waals surface area contributed by atoms with Crippen molar-refractivity contribution < 1.29 is 9.90 Å². The van der Waals surface area contributed by atoms with Gasteiger partial charge in [0.25, 0.3) is 0 Å². The lowest BCUT2D eigenvalue weighted by atomic mass is 9.90. The van der Waals surface area contributed by atoms with E-state index in [1.54, 1.807) is 0 Å². The van der Waals surface area contributed by atoms with Crippen molar-refractivity contribution in [3.05, 3.63) is 0 Å². The topological polar surface area (TPSA) is 66.6 Å². The molecular formula is C11H20N2O2. The summed E-state index contributed by atoms with van der Waals surface area (Å²) in [6, 6.07) is 1.04. The van der Waals surface area contributed by atoms with Gasteiger partial charge < -0.3 is 15.7 Å². The zero-order valence-electron chi connectivity index (χ0n) is 9.28. The highest BCUT2D eigenvalue weighted by Gasteiger charge is 2.44. The monoisotopic (exact) mass is 212 g/mol. The number of nitrogens with two attached hydrogens (primary N) is 1. The lowest BCUT2D eigenvalue weighted by Crippen LogP contribution is -2.49. The Morgan fingerprint density at radius 2 is 2.07 bits per heavy atom. The average Bonchev–Trinajstić information content (AvgIpc) is 2.46. The standard InChI is InChI=1S/C11H20N2O2/c1-13(8-3-2-4-8)9-5-6-11(12,7-9)10(14)15/h8-9H,2-7,12H2,1H3,(H,14,15). The molecule has 0 saturated heterocycles. The van der Waals surface area contributed by atoms with Gasteiger partial charge in [0.2, 0.25) is 0 Å². The maximum absolute atomic E-state index is 11.0. The molecule has 0 amide bonds. The van der Waals surface area contributed by atoms with Gasteiger partial charge in [-0.3, -0.25) is 4.79 Å². The molecule has 86 valence electrons. The lowest BCUT2D eigenvalue weighted by Gasteiger charge is -2.39. The maximum atomic E-state index is 11.0. The Kier molecular flexibility index (Phi) is 2.73. The maximum Gasteiger partial charge on any atom is 0.323 e. The minimum Gasteiger partial charge on any atom is -0.480 e. The fourth-order valence-corrected chi connectivity index (χ4v) is 2.68. The van der Waals surface area contributed by atoms with Crippen LogP contribution in [0.25, 0.3) is 0 Å². The van der Waals surface area contributed by atoms with Crippen LogP contribution in [-0.2, 0) is 4.79 Å². The number of carboxylic acids is 1. The second-order valence-corrected chi connectivity index (χ2v) is 5.11. The summed E-state index contributed by atoms with van der Waals surface area (Å²) in [6.45, 7) is 0. The molecule has 2 unspecified atom stereocenters. The molecule has 0 spiro atoms. The van der Waals surface area contributed by atoms with E-state index in [4.69, 9.17) is 10.8 Å². The van der Waals surface area contributed by atoms with E-state index in [0.29, 0.717) is 24.9 Å². The van der Waals surface area contributed by atoms with E-state index < -0.39 is 11.5 Å². The van der Waals surface area contributed by atoms with Gasteiger partial charge in [0.15, 0.2) is 0 Å². The largest absolute Gasteiger partial charge is 0.480 e. The van der Waals surface area contributed by atoms with Crippen molar-refractivity contribution >= 4 is 5.97 Å². The Morgan fingerprint density at radius 1 is 1.40 bits per heavy atom. The summed E-state index contributed by atoms with van der Waals surface area (Å²) in [6.07, 6.45) is 5.99. The van der Waals surface area contributed by atoms with Gasteiger partial charge in [-0.1, -0.05) is 6.42 Å². The third-order valence-corrected chi connectivity index (χ3v) is 4.18. The molecule has 2 rings (SSSR count). The van der Waals surface area contributed by atoms with E-state index in [1.807, 2.05) is 0 Å². The minimum absolute atomic E-state index is 0.372. The Hall–Kier alpha value is -0.610. The van der Waals surface area contributed by atoms with Crippen LogP contribution in [0, 0.1) is 0 Å². The van der Waals surface area contributed by atoms with Crippen LogP contribution in [0.3, 0.4) is 0 Å². The molecule has 2 aliphatic rings. The molecule has 0 aliphatic heterocycles. The summed E-state index contributed by atoms with van der Waals surface area (Å²) < 4.78 is 0. The number of hydrogen-bond acceptors (Lipinski definition) is 3. The normalized spacial score (nSPS) is 36.9. The Bertz CT molecular complexity index is 265. The summed E-state index contributed by atoms with van der Waals surface area (Å²) in [7, 11) is 2.11. The van der Waals surface area contributed by atoms with Gasteiger partial charge in [0, 0.05) is 12.1 Å². The van der Waals surface area contributed by atoms with Crippen molar-refractivity contribution in [2.75, 3.05) is 7.05 Å². The van der Waals surface area contributed by atoms with Crippen molar-refractivity contribution in [1.82, 2.24) is 4.90 Å². The molecule has 0 aromatic heterocycles. The first-order valence-corrected chi connectivity index (χ1v) is 5.77. The smallest absolute Gasteiger partial charge is 0.323 e. The van der Waals surface area contributed by atoms with Gasteiger partial charge in [-0.2, -0.15) is 0 Å². The van der Waals surface area contributed by atoms with Crippen molar-refractivity contribution in [2.45, 2.75) is 56.1 Å². The van der Waals surface area contributed by atoms with Crippen molar-refractivity contribution in [1.29, 1.82) is 0 Å². The first-order valence-electron chi connectivity index (χ1n) is 5.77. The Morgan fingerprint density at radius 3 is 2.47 bits per heavy atom. The minimum atomic E-state index is -0.970. The Balaban J connectivity index is 1.94. The molecule has 2 atom stereocenters. The molecule has 0 aromatic carbocycles. The molecule has 2 aliphatic carbocycles. The van der Waals surface area contributed by atoms with Crippen LogP contribution in [0.4, 0.5) is 0 Å². The summed E-state index contributed by atoms with van der Waals surface area (Å²) in [4.78, 5) is 13.3. The number of carbonyl (C=O) groups is 1. The molecule has 0 radical (unpaired) electrons. The van der Waals surface area contributed by atoms with Gasteiger partial charge in [-0.05, 0) is 39.2 Å². The summed E-state index contributed by atoms with van der Waals surface area (Å²) in [5, 5.41) is 9.04. The number of hydrogen-bond donors (Lipinski definition) is 2. The zero-order valence-corrected chi connectivity index (χ0v) is 9.28. The summed E-state index contributed by atoms with van der Waals surface area (Å²) >= 11 is 0. The quantitative estimate of drug-likeness (QED) is 0.726. The van der Waals surface area contributed by atoms with Crippen molar-refractivity contribution in [3.8, 4) is 0 Å². The number of nitrogens with zero attached hydrogens (tertiary/aromatic N) is 1. The van der Waals surface area contributed by atoms with Crippen LogP contribution >= 0.6 is 0 Å². The molecule has 3 N–H and O–H groups in total. The first-order chi connectivity index (χ1) is 7.03. The van der Waals surface area contributed by atoms with Crippen LogP contribution < -0.4 is 5.73 Å². The second-order valence-electron chi connectivity index (χ2n) is 5.11. The van der Waals surface area contributed by atoms with Crippen LogP contribution in [0.15, 0.2) is 0 Å². The van der Waals surface area contributed by atoms with Crippen LogP contribution in [0.2, 0.25) is 0 Å². The van der Waals surface area contributed by atoms with E-state index in [-0.39, 0.29) is 0 Å². The molecule has 0 bridgehead atoms. The third-order valence-electron chi connectivity index (χ3n) is 4.18. The molecule has 0 aromatic rings. The van der Waals surface area contributed by atoms with Crippen LogP contribution in [0.5, 0.6) is 0 Å². The first kappa shape index (κ1) is 10.9. The number of aliphatic carboxylic acids is 1. The molecule has 0 heterocycles. The zero-order chi connectivity index (χ0) is 11.1. The van der Waals surface area contributed by atoms with Crippen molar-refractivity contribution in [2.24, 2.45) is 5.73 Å². The van der Waals surface area contributed by atoms with Gasteiger partial charge >= 0.3 is 5.97 Å². The summed E-state index contributed by atoms with van der Waals surface area (Å²) in [5.41, 5.74) is 4.89. The second kappa shape index (κ2) is 3.76. The van der Waals surface area contributed by atoms with Gasteiger partial charge in [0.05, 0.1) is 0 Å². The van der Waals surface area contributed by atoms with Gasteiger partial charge in [-0.25, -0.2) is 0 Å². The van der Waals surface area contributed by atoms with E-state index in [0.717, 1.165) is 6.42 Å². The van der Waals surface area contributed by atoms with E-state index in [1.165, 1.54) is 19.3 Å². The molecule has 4 nitrogen and oxygen atoms in total. The molecule has 2 saturated carbocycles. The molecule has 4 heteroatoms. The number of rotatable bonds is 3.